The van der Waals surface area contributed by atoms with E-state index in [4.69, 9.17) is 10.2 Å². The van der Waals surface area contributed by atoms with Gasteiger partial charge in [-0.25, -0.2) is 4.79 Å². The van der Waals surface area contributed by atoms with Crippen LogP contribution in [0.4, 0.5) is 0 Å². The second-order valence-electron chi connectivity index (χ2n) is 5.11. The summed E-state index contributed by atoms with van der Waals surface area (Å²) in [6, 6.07) is 5.54. The maximum Gasteiger partial charge on any atom is 0.335 e. The van der Waals surface area contributed by atoms with E-state index in [0.717, 1.165) is 0 Å². The molecule has 0 atom stereocenters. The van der Waals surface area contributed by atoms with Crippen LogP contribution in [0.1, 0.15) is 47.4 Å². The van der Waals surface area contributed by atoms with Crippen LogP contribution < -0.4 is 5.32 Å². The Balaban J connectivity index is 2.70. The van der Waals surface area contributed by atoms with Crippen LogP contribution in [-0.2, 0) is 4.79 Å². The van der Waals surface area contributed by atoms with E-state index < -0.39 is 17.5 Å². The minimum absolute atomic E-state index is 0.0365. The Kier molecular flexibility index (Phi) is 4.85. The molecule has 0 aromatic heterocycles. The summed E-state index contributed by atoms with van der Waals surface area (Å²) in [5.74, 6) is -2.34. The van der Waals surface area contributed by atoms with Gasteiger partial charge in [-0.2, -0.15) is 0 Å². The minimum Gasteiger partial charge on any atom is -0.481 e. The molecule has 6 nitrogen and oxygen atoms in total. The van der Waals surface area contributed by atoms with E-state index in [1.165, 1.54) is 24.3 Å². The predicted molar refractivity (Wildman–Crippen MR) is 71.8 cm³/mol. The molecule has 1 amide bonds. The topological polar surface area (TPSA) is 104 Å². The van der Waals surface area contributed by atoms with E-state index in [1.54, 1.807) is 13.8 Å². The van der Waals surface area contributed by atoms with Crippen LogP contribution in [0, 0.1) is 0 Å². The molecular formula is C14H17NO5. The maximum atomic E-state index is 12.0. The van der Waals surface area contributed by atoms with Crippen molar-refractivity contribution in [3.8, 4) is 0 Å². The SMILES string of the molecule is CC(C)(CCC(=O)O)NC(=O)c1ccc(C(=O)O)cc1. The molecule has 0 heterocycles. The highest BCUT2D eigenvalue weighted by molar-refractivity contribution is 5.96. The summed E-state index contributed by atoms with van der Waals surface area (Å²) >= 11 is 0. The highest BCUT2D eigenvalue weighted by Gasteiger charge is 2.22. The molecule has 0 fully saturated rings. The Morgan fingerprint density at radius 2 is 1.55 bits per heavy atom. The third-order valence-electron chi connectivity index (χ3n) is 2.81. The van der Waals surface area contributed by atoms with Gasteiger partial charge >= 0.3 is 11.9 Å². The van der Waals surface area contributed by atoms with Gasteiger partial charge in [-0.3, -0.25) is 9.59 Å². The van der Waals surface area contributed by atoms with Gasteiger partial charge in [0.2, 0.25) is 0 Å². The number of carbonyl (C=O) groups excluding carboxylic acids is 1. The fourth-order valence-electron chi connectivity index (χ4n) is 1.63. The van der Waals surface area contributed by atoms with E-state index in [-0.39, 0.29) is 17.9 Å². The zero-order valence-electron chi connectivity index (χ0n) is 11.3. The highest BCUT2D eigenvalue weighted by atomic mass is 16.4. The third kappa shape index (κ3) is 4.72. The molecular weight excluding hydrogens is 262 g/mol. The van der Waals surface area contributed by atoms with Crippen LogP contribution >= 0.6 is 0 Å². The Morgan fingerprint density at radius 3 is 2.00 bits per heavy atom. The van der Waals surface area contributed by atoms with Gasteiger partial charge in [0.05, 0.1) is 5.56 Å². The van der Waals surface area contributed by atoms with Crippen LogP contribution in [0.2, 0.25) is 0 Å². The molecule has 0 radical (unpaired) electrons. The molecule has 0 saturated heterocycles. The number of aliphatic carboxylic acids is 1. The van der Waals surface area contributed by atoms with Gasteiger partial charge in [-0.1, -0.05) is 0 Å². The number of aromatic carboxylic acids is 1. The second kappa shape index (κ2) is 6.18. The van der Waals surface area contributed by atoms with Crippen molar-refractivity contribution in [3.63, 3.8) is 0 Å². The van der Waals surface area contributed by atoms with Crippen molar-refractivity contribution < 1.29 is 24.6 Å². The van der Waals surface area contributed by atoms with Gasteiger partial charge in [0.1, 0.15) is 0 Å². The van der Waals surface area contributed by atoms with Crippen molar-refractivity contribution in [2.75, 3.05) is 0 Å². The Bertz CT molecular complexity index is 519. The number of carboxylic acids is 2. The van der Waals surface area contributed by atoms with Crippen LogP contribution in [0.5, 0.6) is 0 Å². The first kappa shape index (κ1) is 15.7. The van der Waals surface area contributed by atoms with Gasteiger partial charge in [-0.05, 0) is 44.5 Å². The van der Waals surface area contributed by atoms with Gasteiger partial charge in [0.25, 0.3) is 5.91 Å². The summed E-state index contributed by atoms with van der Waals surface area (Å²) in [4.78, 5) is 33.2. The molecule has 0 aliphatic heterocycles. The minimum atomic E-state index is -1.06. The van der Waals surface area contributed by atoms with Crippen molar-refractivity contribution in [3.05, 3.63) is 35.4 Å². The predicted octanol–water partition coefficient (Wildman–Crippen LogP) is 1.76. The van der Waals surface area contributed by atoms with E-state index in [1.807, 2.05) is 0 Å². The molecule has 0 bridgehead atoms. The van der Waals surface area contributed by atoms with Crippen molar-refractivity contribution in [1.29, 1.82) is 0 Å². The standard InChI is InChI=1S/C14H17NO5/c1-14(2,8-7-11(16)17)15-12(18)9-3-5-10(6-4-9)13(19)20/h3-6H,7-8H2,1-2H3,(H,15,18)(H,16,17)(H,19,20). The number of hydrogen-bond donors (Lipinski definition) is 3. The quantitative estimate of drug-likeness (QED) is 0.736. The normalized spacial score (nSPS) is 10.9. The van der Waals surface area contributed by atoms with Gasteiger partial charge < -0.3 is 15.5 Å². The highest BCUT2D eigenvalue weighted by Crippen LogP contribution is 2.13. The van der Waals surface area contributed by atoms with Crippen molar-refractivity contribution >= 4 is 17.8 Å². The summed E-state index contributed by atoms with van der Waals surface area (Å²) in [5, 5.41) is 20.1. The number of rotatable bonds is 6. The van der Waals surface area contributed by atoms with Gasteiger partial charge in [0.15, 0.2) is 0 Å². The lowest BCUT2D eigenvalue weighted by atomic mass is 9.97. The molecule has 0 aliphatic carbocycles. The van der Waals surface area contributed by atoms with Crippen LogP contribution in [-0.4, -0.2) is 33.6 Å². The average molecular weight is 279 g/mol. The Hall–Kier alpha value is -2.37. The number of carbonyl (C=O) groups is 3. The van der Waals surface area contributed by atoms with Crippen molar-refractivity contribution in [2.45, 2.75) is 32.2 Å². The fraction of sp³-hybridized carbons (Fsp3) is 0.357. The summed E-state index contributed by atoms with van der Waals surface area (Å²) in [5.41, 5.74) is -0.217. The number of hydrogen-bond acceptors (Lipinski definition) is 3. The molecule has 0 unspecified atom stereocenters. The number of amides is 1. The lowest BCUT2D eigenvalue weighted by molar-refractivity contribution is -0.137. The summed E-state index contributed by atoms with van der Waals surface area (Å²) in [6.07, 6.45) is 0.270. The molecule has 0 saturated carbocycles. The molecule has 108 valence electrons. The molecule has 1 rings (SSSR count). The first-order valence-corrected chi connectivity index (χ1v) is 6.09. The number of carboxylic acid groups (broad SMARTS) is 2. The van der Waals surface area contributed by atoms with Gasteiger partial charge in [-0.15, -0.1) is 0 Å². The lowest BCUT2D eigenvalue weighted by Crippen LogP contribution is -2.43. The van der Waals surface area contributed by atoms with E-state index in [9.17, 15) is 14.4 Å². The average Bonchev–Trinajstić information content (AvgIpc) is 2.36. The van der Waals surface area contributed by atoms with Crippen molar-refractivity contribution in [1.82, 2.24) is 5.32 Å². The number of nitrogens with one attached hydrogen (secondary N) is 1. The fourth-order valence-corrected chi connectivity index (χ4v) is 1.63. The summed E-state index contributed by atoms with van der Waals surface area (Å²) in [6.45, 7) is 3.47. The zero-order chi connectivity index (χ0) is 15.3. The zero-order valence-corrected chi connectivity index (χ0v) is 11.3. The van der Waals surface area contributed by atoms with E-state index >= 15 is 0 Å². The first-order valence-electron chi connectivity index (χ1n) is 6.09. The van der Waals surface area contributed by atoms with Crippen LogP contribution in [0.3, 0.4) is 0 Å². The maximum absolute atomic E-state index is 12.0. The Labute approximate surface area is 116 Å². The lowest BCUT2D eigenvalue weighted by Gasteiger charge is -2.25. The smallest absolute Gasteiger partial charge is 0.335 e. The molecule has 1 aromatic rings. The first-order chi connectivity index (χ1) is 9.21. The molecule has 6 heteroatoms. The van der Waals surface area contributed by atoms with Crippen LogP contribution in [0.25, 0.3) is 0 Å². The molecule has 0 spiro atoms. The monoisotopic (exact) mass is 279 g/mol. The van der Waals surface area contributed by atoms with E-state index in [2.05, 4.69) is 5.32 Å². The van der Waals surface area contributed by atoms with Crippen LogP contribution in [0.15, 0.2) is 24.3 Å². The van der Waals surface area contributed by atoms with Crippen molar-refractivity contribution in [2.24, 2.45) is 0 Å². The van der Waals surface area contributed by atoms with Gasteiger partial charge in [0, 0.05) is 17.5 Å². The molecule has 0 aliphatic rings. The summed E-state index contributed by atoms with van der Waals surface area (Å²) in [7, 11) is 0. The summed E-state index contributed by atoms with van der Waals surface area (Å²) < 4.78 is 0. The molecule has 3 N–H and O–H groups in total. The largest absolute Gasteiger partial charge is 0.481 e. The second-order valence-corrected chi connectivity index (χ2v) is 5.11. The Morgan fingerprint density at radius 1 is 1.05 bits per heavy atom. The molecule has 1 aromatic carbocycles. The third-order valence-corrected chi connectivity index (χ3v) is 2.81. The van der Waals surface area contributed by atoms with E-state index in [0.29, 0.717) is 12.0 Å². The molecule has 20 heavy (non-hydrogen) atoms. The number of benzene rings is 1.